The molecule has 0 unspecified atom stereocenters. The van der Waals surface area contributed by atoms with Gasteiger partial charge in [-0.2, -0.15) is 0 Å². The van der Waals surface area contributed by atoms with Gasteiger partial charge in [0.2, 0.25) is 0 Å². The SMILES string of the molecule is C/C=C\C=C/c1ccc(-c2cc(-c3nc(-c4ccc(-c5ccccc5)cc4)nc(-c4ccc(-c5ccccc5)cc4)n3)c3c(c2)oc2ccccc23)cc1. The van der Waals surface area contributed by atoms with E-state index in [4.69, 9.17) is 19.4 Å². The van der Waals surface area contributed by atoms with Crippen LogP contribution in [0.25, 0.3) is 95.6 Å². The summed E-state index contributed by atoms with van der Waals surface area (Å²) in [7, 11) is 0. The van der Waals surface area contributed by atoms with E-state index >= 15 is 0 Å². The number of rotatable bonds is 8. The molecule has 4 heteroatoms. The molecule has 256 valence electrons. The van der Waals surface area contributed by atoms with Crippen LogP contribution in [0.3, 0.4) is 0 Å². The fourth-order valence-corrected chi connectivity index (χ4v) is 6.90. The van der Waals surface area contributed by atoms with Crippen LogP contribution in [0.5, 0.6) is 0 Å². The summed E-state index contributed by atoms with van der Waals surface area (Å²) < 4.78 is 6.52. The van der Waals surface area contributed by atoms with Gasteiger partial charge in [-0.1, -0.05) is 176 Å². The van der Waals surface area contributed by atoms with E-state index in [0.717, 1.165) is 77.6 Å². The first-order chi connectivity index (χ1) is 26.7. The molecule has 9 rings (SSSR count). The van der Waals surface area contributed by atoms with Gasteiger partial charge in [-0.15, -0.1) is 0 Å². The molecule has 54 heavy (non-hydrogen) atoms. The second-order valence-electron chi connectivity index (χ2n) is 13.2. The summed E-state index contributed by atoms with van der Waals surface area (Å²) in [5, 5.41) is 1.99. The topological polar surface area (TPSA) is 51.8 Å². The van der Waals surface area contributed by atoms with E-state index in [0.29, 0.717) is 17.5 Å². The lowest BCUT2D eigenvalue weighted by Gasteiger charge is -2.12. The van der Waals surface area contributed by atoms with Gasteiger partial charge in [0, 0.05) is 27.5 Å². The molecule has 0 amide bonds. The number of hydrogen-bond acceptors (Lipinski definition) is 4. The summed E-state index contributed by atoms with van der Waals surface area (Å²) in [6.45, 7) is 2.01. The number of para-hydroxylation sites is 1. The Hall–Kier alpha value is -7.17. The lowest BCUT2D eigenvalue weighted by Crippen LogP contribution is -2.01. The van der Waals surface area contributed by atoms with Gasteiger partial charge < -0.3 is 4.42 Å². The number of benzene rings is 7. The van der Waals surface area contributed by atoms with Gasteiger partial charge in [0.25, 0.3) is 0 Å². The normalized spacial score (nSPS) is 11.6. The van der Waals surface area contributed by atoms with Crippen LogP contribution in [0.1, 0.15) is 12.5 Å². The summed E-state index contributed by atoms with van der Waals surface area (Å²) in [5.41, 5.74) is 12.1. The smallest absolute Gasteiger partial charge is 0.164 e. The maximum atomic E-state index is 6.52. The first-order valence-electron chi connectivity index (χ1n) is 18.1. The Morgan fingerprint density at radius 3 is 1.48 bits per heavy atom. The van der Waals surface area contributed by atoms with E-state index in [-0.39, 0.29) is 0 Å². The molecule has 0 saturated heterocycles. The molecule has 2 aromatic heterocycles. The van der Waals surface area contributed by atoms with E-state index in [2.05, 4.69) is 146 Å². The van der Waals surface area contributed by atoms with E-state index in [1.54, 1.807) is 0 Å². The van der Waals surface area contributed by atoms with Crippen molar-refractivity contribution in [2.75, 3.05) is 0 Å². The molecule has 0 saturated carbocycles. The summed E-state index contributed by atoms with van der Waals surface area (Å²) >= 11 is 0. The lowest BCUT2D eigenvalue weighted by atomic mass is 9.97. The summed E-state index contributed by atoms with van der Waals surface area (Å²) in [4.78, 5) is 15.5. The first kappa shape index (κ1) is 32.7. The monoisotopic (exact) mass is 693 g/mol. The molecular formula is C50H35N3O. The molecular weight excluding hydrogens is 659 g/mol. The highest BCUT2D eigenvalue weighted by Gasteiger charge is 2.20. The lowest BCUT2D eigenvalue weighted by molar-refractivity contribution is 0.669. The molecule has 0 spiro atoms. The van der Waals surface area contributed by atoms with E-state index in [1.807, 2.05) is 55.5 Å². The highest BCUT2D eigenvalue weighted by molar-refractivity contribution is 6.13. The zero-order valence-electron chi connectivity index (χ0n) is 29.7. The fraction of sp³-hybridized carbons (Fsp3) is 0.0200. The predicted molar refractivity (Wildman–Crippen MR) is 224 cm³/mol. The van der Waals surface area contributed by atoms with Crippen molar-refractivity contribution in [2.24, 2.45) is 0 Å². The maximum Gasteiger partial charge on any atom is 0.164 e. The number of aromatic nitrogens is 3. The number of hydrogen-bond donors (Lipinski definition) is 0. The molecule has 0 N–H and O–H groups in total. The minimum Gasteiger partial charge on any atom is -0.456 e. The van der Waals surface area contributed by atoms with Crippen molar-refractivity contribution in [3.05, 3.63) is 194 Å². The predicted octanol–water partition coefficient (Wildman–Crippen LogP) is 13.4. The van der Waals surface area contributed by atoms with Gasteiger partial charge in [0.05, 0.1) is 0 Å². The van der Waals surface area contributed by atoms with Crippen LogP contribution in [0, 0.1) is 0 Å². The van der Waals surface area contributed by atoms with Gasteiger partial charge in [-0.05, 0) is 64.1 Å². The molecule has 0 bridgehead atoms. The molecule has 7 aromatic carbocycles. The zero-order valence-corrected chi connectivity index (χ0v) is 29.7. The van der Waals surface area contributed by atoms with Crippen molar-refractivity contribution >= 4 is 28.0 Å². The molecule has 4 nitrogen and oxygen atoms in total. The molecule has 0 fully saturated rings. The molecule has 0 aliphatic heterocycles. The summed E-state index contributed by atoms with van der Waals surface area (Å²) in [5.74, 6) is 1.79. The third kappa shape index (κ3) is 6.53. The van der Waals surface area contributed by atoms with E-state index < -0.39 is 0 Å². The molecule has 0 aliphatic rings. The Morgan fingerprint density at radius 2 is 0.889 bits per heavy atom. The first-order valence-corrected chi connectivity index (χ1v) is 18.1. The Kier molecular flexibility index (Phi) is 8.76. The molecule has 0 atom stereocenters. The fourth-order valence-electron chi connectivity index (χ4n) is 6.90. The van der Waals surface area contributed by atoms with Crippen LogP contribution in [0.4, 0.5) is 0 Å². The van der Waals surface area contributed by atoms with Gasteiger partial charge >= 0.3 is 0 Å². The average molecular weight is 694 g/mol. The Bertz CT molecular complexity index is 2680. The van der Waals surface area contributed by atoms with Crippen molar-refractivity contribution in [3.8, 4) is 67.5 Å². The van der Waals surface area contributed by atoms with Crippen molar-refractivity contribution in [2.45, 2.75) is 6.92 Å². The quantitative estimate of drug-likeness (QED) is 0.149. The van der Waals surface area contributed by atoms with Crippen molar-refractivity contribution in [3.63, 3.8) is 0 Å². The van der Waals surface area contributed by atoms with Crippen LogP contribution >= 0.6 is 0 Å². The van der Waals surface area contributed by atoms with Crippen LogP contribution in [0.2, 0.25) is 0 Å². The zero-order chi connectivity index (χ0) is 36.3. The average Bonchev–Trinajstić information content (AvgIpc) is 3.63. The van der Waals surface area contributed by atoms with Crippen LogP contribution in [0.15, 0.2) is 193 Å². The van der Waals surface area contributed by atoms with Gasteiger partial charge in [-0.3, -0.25) is 0 Å². The van der Waals surface area contributed by atoms with Crippen LogP contribution < -0.4 is 0 Å². The molecule has 0 aliphatic carbocycles. The van der Waals surface area contributed by atoms with Gasteiger partial charge in [-0.25, -0.2) is 15.0 Å². The number of allylic oxidation sites excluding steroid dienone is 3. The second-order valence-corrected chi connectivity index (χ2v) is 13.2. The number of furan rings is 1. The number of nitrogens with zero attached hydrogens (tertiary/aromatic N) is 3. The number of fused-ring (bicyclic) bond motifs is 3. The van der Waals surface area contributed by atoms with Crippen molar-refractivity contribution < 1.29 is 4.42 Å². The van der Waals surface area contributed by atoms with Crippen LogP contribution in [-0.2, 0) is 0 Å². The minimum absolute atomic E-state index is 0.582. The van der Waals surface area contributed by atoms with Crippen molar-refractivity contribution in [1.82, 2.24) is 15.0 Å². The Balaban J connectivity index is 1.22. The molecule has 9 aromatic rings. The molecule has 2 heterocycles. The minimum atomic E-state index is 0.582. The Morgan fingerprint density at radius 1 is 0.407 bits per heavy atom. The third-order valence-electron chi connectivity index (χ3n) is 9.69. The van der Waals surface area contributed by atoms with E-state index in [1.165, 1.54) is 0 Å². The van der Waals surface area contributed by atoms with E-state index in [9.17, 15) is 0 Å². The Labute approximate surface area is 314 Å². The highest BCUT2D eigenvalue weighted by Crippen LogP contribution is 2.40. The second kappa shape index (κ2) is 14.5. The maximum absolute atomic E-state index is 6.52. The van der Waals surface area contributed by atoms with Crippen LogP contribution in [-0.4, -0.2) is 15.0 Å². The third-order valence-corrected chi connectivity index (χ3v) is 9.69. The standard InChI is InChI=1S/C50H35N3O/c1-2-3-6-13-34-20-22-39(23-21-34)42-32-44(47-43-18-11-12-19-45(43)54-46(47)33-42)50-52-48(40-28-24-37(25-29-40)35-14-7-4-8-15-35)51-49(53-50)41-30-26-38(27-31-41)36-16-9-5-10-17-36/h2-33H,1H3/b3-2-,13-6-. The largest absolute Gasteiger partial charge is 0.456 e. The molecule has 0 radical (unpaired) electrons. The van der Waals surface area contributed by atoms with Crippen molar-refractivity contribution in [1.29, 1.82) is 0 Å². The highest BCUT2D eigenvalue weighted by atomic mass is 16.3. The summed E-state index contributed by atoms with van der Waals surface area (Å²) in [6, 6.07) is 58.7. The summed E-state index contributed by atoms with van der Waals surface area (Å²) in [6.07, 6.45) is 8.20. The van der Waals surface area contributed by atoms with Gasteiger partial charge in [0.1, 0.15) is 11.2 Å². The van der Waals surface area contributed by atoms with Gasteiger partial charge in [0.15, 0.2) is 17.5 Å².